The van der Waals surface area contributed by atoms with E-state index < -0.39 is 0 Å². The zero-order valence-corrected chi connectivity index (χ0v) is 25.3. The Balaban J connectivity index is 0.00000181. The summed E-state index contributed by atoms with van der Waals surface area (Å²) in [6.07, 6.45) is 4.26. The smallest absolute Gasteiger partial charge is 0.228 e. The van der Waals surface area contributed by atoms with E-state index in [4.69, 9.17) is 16.3 Å². The number of Topliss-reactive ketones (excluding diaryl/α,β-unsaturated/α-hetero) is 1. The molecule has 40 heavy (non-hydrogen) atoms. The highest BCUT2D eigenvalue weighted by Crippen LogP contribution is 2.41. The van der Waals surface area contributed by atoms with Crippen LogP contribution in [0.5, 0.6) is 5.88 Å². The molecule has 1 aliphatic heterocycles. The van der Waals surface area contributed by atoms with Gasteiger partial charge in [0.15, 0.2) is 0 Å². The molecule has 7 nitrogen and oxygen atoms in total. The lowest BCUT2D eigenvalue weighted by Gasteiger charge is -2.26. The molecule has 0 amide bonds. The third-order valence-corrected chi connectivity index (χ3v) is 8.74. The van der Waals surface area contributed by atoms with E-state index in [2.05, 4.69) is 40.5 Å². The number of nitrogens with two attached hydrogens (primary N) is 2. The van der Waals surface area contributed by atoms with Gasteiger partial charge in [0.1, 0.15) is 12.4 Å². The van der Waals surface area contributed by atoms with E-state index in [1.807, 2.05) is 45.9 Å². The Kier molecular flexibility index (Phi) is 10.1. The van der Waals surface area contributed by atoms with Crippen LogP contribution in [-0.2, 0) is 11.3 Å². The summed E-state index contributed by atoms with van der Waals surface area (Å²) in [4.78, 5) is 18.5. The molecule has 214 valence electrons. The van der Waals surface area contributed by atoms with Gasteiger partial charge in [-0.05, 0) is 91.6 Å². The van der Waals surface area contributed by atoms with Gasteiger partial charge in [0, 0.05) is 44.1 Å². The van der Waals surface area contributed by atoms with Crippen LogP contribution in [0.2, 0.25) is 0 Å². The Morgan fingerprint density at radius 2 is 1.98 bits per heavy atom. The molecule has 0 radical (unpaired) electrons. The number of ether oxygens (including phenoxy) is 1. The fourth-order valence-corrected chi connectivity index (χ4v) is 6.05. The SMILES string of the molecule is CC.CCN(N)c1ccc(C(CC(=O)C2CC2)c2ccc(C)c(CN3CCOc4ncccc4S3)c2)c(C)c1N. The number of carbonyl (C=O) groups excluding carboxylic acids is 1. The van der Waals surface area contributed by atoms with Crippen molar-refractivity contribution in [2.24, 2.45) is 11.8 Å². The number of hydrazine groups is 1. The van der Waals surface area contributed by atoms with Gasteiger partial charge in [0.05, 0.1) is 16.3 Å². The number of pyridine rings is 1. The molecule has 2 heterocycles. The second-order valence-electron chi connectivity index (χ2n) is 10.3. The first kappa shape index (κ1) is 29.9. The van der Waals surface area contributed by atoms with Gasteiger partial charge in [-0.1, -0.05) is 38.1 Å². The van der Waals surface area contributed by atoms with Gasteiger partial charge in [0.25, 0.3) is 0 Å². The first-order valence-electron chi connectivity index (χ1n) is 14.4. The number of carbonyl (C=O) groups is 1. The van der Waals surface area contributed by atoms with Crippen molar-refractivity contribution in [1.29, 1.82) is 0 Å². The Morgan fingerprint density at radius 3 is 2.70 bits per heavy atom. The number of benzene rings is 2. The van der Waals surface area contributed by atoms with Crippen molar-refractivity contribution in [3.8, 4) is 5.88 Å². The first-order valence-corrected chi connectivity index (χ1v) is 15.2. The highest BCUT2D eigenvalue weighted by atomic mass is 32.2. The number of hydrogen-bond donors (Lipinski definition) is 2. The molecule has 1 atom stereocenters. The molecule has 3 aromatic rings. The molecule has 1 aliphatic carbocycles. The number of ketones is 1. The molecule has 1 aromatic heterocycles. The van der Waals surface area contributed by atoms with Crippen LogP contribution in [0.25, 0.3) is 0 Å². The summed E-state index contributed by atoms with van der Waals surface area (Å²) in [6, 6.07) is 14.7. The molecule has 4 N–H and O–H groups in total. The van der Waals surface area contributed by atoms with E-state index in [9.17, 15) is 4.79 Å². The lowest BCUT2D eigenvalue weighted by molar-refractivity contribution is -0.120. The minimum Gasteiger partial charge on any atom is -0.475 e. The molecular weight excluding hydrogens is 518 g/mol. The van der Waals surface area contributed by atoms with Crippen molar-refractivity contribution in [2.45, 2.75) is 71.2 Å². The van der Waals surface area contributed by atoms with E-state index >= 15 is 0 Å². The van der Waals surface area contributed by atoms with E-state index in [0.717, 1.165) is 53.2 Å². The zero-order valence-electron chi connectivity index (χ0n) is 24.4. The van der Waals surface area contributed by atoms with Crippen molar-refractivity contribution in [3.05, 3.63) is 76.5 Å². The van der Waals surface area contributed by atoms with Crippen molar-refractivity contribution in [2.75, 3.05) is 30.4 Å². The van der Waals surface area contributed by atoms with Crippen LogP contribution < -0.4 is 21.3 Å². The number of anilines is 2. The topological polar surface area (TPSA) is 97.7 Å². The van der Waals surface area contributed by atoms with Crippen LogP contribution in [0.1, 0.15) is 73.8 Å². The Morgan fingerprint density at radius 1 is 1.20 bits per heavy atom. The van der Waals surface area contributed by atoms with Crippen LogP contribution in [0.15, 0.2) is 53.6 Å². The molecule has 2 aliphatic rings. The number of hydrogen-bond acceptors (Lipinski definition) is 8. The summed E-state index contributed by atoms with van der Waals surface area (Å²) < 4.78 is 8.18. The average molecular weight is 562 g/mol. The third kappa shape index (κ3) is 6.79. The average Bonchev–Trinajstić information content (AvgIpc) is 3.83. The van der Waals surface area contributed by atoms with Crippen molar-refractivity contribution < 1.29 is 9.53 Å². The van der Waals surface area contributed by atoms with Crippen LogP contribution in [-0.4, -0.2) is 34.8 Å². The van der Waals surface area contributed by atoms with Gasteiger partial charge < -0.3 is 15.5 Å². The largest absolute Gasteiger partial charge is 0.475 e. The van der Waals surface area contributed by atoms with Crippen molar-refractivity contribution in [3.63, 3.8) is 0 Å². The van der Waals surface area contributed by atoms with Crippen LogP contribution in [0.3, 0.4) is 0 Å². The number of rotatable bonds is 9. The molecule has 5 rings (SSSR count). The Hall–Kier alpha value is -3.07. The molecule has 0 saturated heterocycles. The predicted molar refractivity (Wildman–Crippen MR) is 166 cm³/mol. The molecule has 2 aromatic carbocycles. The summed E-state index contributed by atoms with van der Waals surface area (Å²) in [6.45, 7) is 13.0. The molecular formula is C32H43N5O2S. The fraction of sp³-hybridized carbons (Fsp3) is 0.438. The number of aryl methyl sites for hydroxylation is 1. The zero-order chi connectivity index (χ0) is 28.8. The highest BCUT2D eigenvalue weighted by molar-refractivity contribution is 7.97. The second-order valence-corrected chi connectivity index (χ2v) is 11.4. The van der Waals surface area contributed by atoms with Gasteiger partial charge in [-0.3, -0.25) is 4.79 Å². The van der Waals surface area contributed by atoms with Gasteiger partial charge in [-0.15, -0.1) is 0 Å². The minimum atomic E-state index is -0.0586. The van der Waals surface area contributed by atoms with Crippen LogP contribution >= 0.6 is 11.9 Å². The molecule has 1 unspecified atom stereocenters. The molecule has 0 spiro atoms. The van der Waals surface area contributed by atoms with E-state index in [-0.39, 0.29) is 11.8 Å². The van der Waals surface area contributed by atoms with Crippen molar-refractivity contribution in [1.82, 2.24) is 9.29 Å². The standard InChI is InChI=1S/C30H37N5O2S.C2H6/c1-4-35(32)26-12-11-24(20(3)29(26)31)25(17-27(36)21-9-10-21)22-8-7-19(2)23(16-22)18-34-14-15-37-30-28(38-34)6-5-13-33-30;1-2/h5-8,11-13,16,21,25H,4,9-10,14-15,17-18,31-32H2,1-3H3;1-2H3. The van der Waals surface area contributed by atoms with Gasteiger partial charge in [-0.25, -0.2) is 15.1 Å². The van der Waals surface area contributed by atoms with Gasteiger partial charge >= 0.3 is 0 Å². The summed E-state index contributed by atoms with van der Waals surface area (Å²) in [5, 5.41) is 1.66. The number of aromatic nitrogens is 1. The number of fused-ring (bicyclic) bond motifs is 1. The molecule has 0 bridgehead atoms. The van der Waals surface area contributed by atoms with Gasteiger partial charge in [0.2, 0.25) is 5.88 Å². The summed E-state index contributed by atoms with van der Waals surface area (Å²) in [5.41, 5.74) is 13.8. The van der Waals surface area contributed by atoms with E-state index in [1.54, 1.807) is 23.2 Å². The fourth-order valence-electron chi connectivity index (χ4n) is 5.07. The second kappa shape index (κ2) is 13.5. The quantitative estimate of drug-likeness (QED) is 0.134. The normalized spacial score (nSPS) is 15.7. The number of nitrogen functional groups attached to an aromatic ring is 1. The Labute approximate surface area is 243 Å². The lowest BCUT2D eigenvalue weighted by atomic mass is 9.82. The highest BCUT2D eigenvalue weighted by Gasteiger charge is 2.33. The maximum absolute atomic E-state index is 13.1. The summed E-state index contributed by atoms with van der Waals surface area (Å²) in [5.74, 6) is 7.37. The number of nitrogens with zero attached hydrogens (tertiary/aromatic N) is 3. The molecule has 1 saturated carbocycles. The summed E-state index contributed by atoms with van der Waals surface area (Å²) in [7, 11) is 0. The maximum atomic E-state index is 13.1. The molecule has 1 fully saturated rings. The minimum absolute atomic E-state index is 0.0586. The van der Waals surface area contributed by atoms with Crippen molar-refractivity contribution >= 4 is 29.1 Å². The molecule has 8 heteroatoms. The third-order valence-electron chi connectivity index (χ3n) is 7.66. The van der Waals surface area contributed by atoms with E-state index in [1.165, 1.54) is 11.1 Å². The predicted octanol–water partition coefficient (Wildman–Crippen LogP) is 6.41. The van der Waals surface area contributed by atoms with E-state index in [0.29, 0.717) is 36.9 Å². The Bertz CT molecular complexity index is 1330. The maximum Gasteiger partial charge on any atom is 0.228 e. The summed E-state index contributed by atoms with van der Waals surface area (Å²) >= 11 is 1.68. The lowest BCUT2D eigenvalue weighted by Crippen LogP contribution is -2.31. The van der Waals surface area contributed by atoms with Gasteiger partial charge in [-0.2, -0.15) is 0 Å². The first-order chi connectivity index (χ1) is 19.4. The van der Waals surface area contributed by atoms with Crippen LogP contribution in [0, 0.1) is 19.8 Å². The van der Waals surface area contributed by atoms with Crippen LogP contribution in [0.4, 0.5) is 11.4 Å². The monoisotopic (exact) mass is 561 g/mol.